The first-order chi connectivity index (χ1) is 14.0. The maximum atomic E-state index is 14.6. The standard InChI is InChI=1S/C22H23FN2O4/c1-25(28-2)22(27)20-10-4-3-7-13-29-15-11-12-19(23)18(14-15)16-8-5-6-9-17(16)21(26)24-20/h3-6,8-9,11-12,14,20H,7,10,13H2,1-2H3,(H,24,26)/t20-/m0/s1. The number of carbonyl (C=O) groups is 2. The molecule has 7 heteroatoms. The zero-order valence-corrected chi connectivity index (χ0v) is 16.4. The van der Waals surface area contributed by atoms with Crippen LogP contribution in [0.5, 0.6) is 5.75 Å². The second-order valence-corrected chi connectivity index (χ2v) is 6.58. The fourth-order valence-corrected chi connectivity index (χ4v) is 3.08. The van der Waals surface area contributed by atoms with Crippen LogP contribution in [0, 0.1) is 5.82 Å². The molecular formula is C22H23FN2O4. The SMILES string of the molecule is CON(C)C(=O)[C@@H]1CC=CCCOc2ccc(F)c(c2)-c2ccccc2C(=O)N1. The van der Waals surface area contributed by atoms with Crippen LogP contribution in [0.4, 0.5) is 4.39 Å². The van der Waals surface area contributed by atoms with Crippen molar-refractivity contribution in [2.75, 3.05) is 20.8 Å². The Balaban J connectivity index is 2.04. The highest BCUT2D eigenvalue weighted by Gasteiger charge is 2.25. The zero-order valence-electron chi connectivity index (χ0n) is 16.4. The van der Waals surface area contributed by atoms with Crippen molar-refractivity contribution in [1.82, 2.24) is 10.4 Å². The Morgan fingerprint density at radius 1 is 1.17 bits per heavy atom. The second kappa shape index (κ2) is 9.34. The van der Waals surface area contributed by atoms with E-state index < -0.39 is 17.8 Å². The summed E-state index contributed by atoms with van der Waals surface area (Å²) < 4.78 is 20.3. The molecule has 1 atom stereocenters. The van der Waals surface area contributed by atoms with Crippen molar-refractivity contribution >= 4 is 11.8 Å². The van der Waals surface area contributed by atoms with Gasteiger partial charge in [-0.25, -0.2) is 9.45 Å². The highest BCUT2D eigenvalue weighted by molar-refractivity contribution is 6.03. The van der Waals surface area contributed by atoms with Crippen molar-refractivity contribution < 1.29 is 23.6 Å². The minimum absolute atomic E-state index is 0.262. The van der Waals surface area contributed by atoms with Gasteiger partial charge in [-0.2, -0.15) is 0 Å². The predicted molar refractivity (Wildman–Crippen MR) is 107 cm³/mol. The molecule has 0 aliphatic carbocycles. The van der Waals surface area contributed by atoms with Gasteiger partial charge in [-0.05, 0) is 42.7 Å². The molecule has 0 saturated heterocycles. The molecule has 2 aromatic carbocycles. The van der Waals surface area contributed by atoms with Gasteiger partial charge in [-0.15, -0.1) is 0 Å². The average molecular weight is 398 g/mol. The Morgan fingerprint density at radius 3 is 2.69 bits per heavy atom. The molecule has 0 radical (unpaired) electrons. The minimum atomic E-state index is -0.822. The van der Waals surface area contributed by atoms with Gasteiger partial charge in [0.15, 0.2) is 0 Å². The van der Waals surface area contributed by atoms with Gasteiger partial charge in [-0.1, -0.05) is 30.4 Å². The van der Waals surface area contributed by atoms with Crippen LogP contribution >= 0.6 is 0 Å². The first kappa shape index (κ1) is 20.5. The fraction of sp³-hybridized carbons (Fsp3) is 0.273. The van der Waals surface area contributed by atoms with Gasteiger partial charge in [0, 0.05) is 18.2 Å². The number of likely N-dealkylation sites (N-methyl/N-ethyl adjacent to an activating group) is 1. The van der Waals surface area contributed by atoms with E-state index in [9.17, 15) is 14.0 Å². The Bertz CT molecular complexity index is 929. The van der Waals surface area contributed by atoms with Crippen molar-refractivity contribution in [3.8, 4) is 16.9 Å². The van der Waals surface area contributed by atoms with Gasteiger partial charge in [0.1, 0.15) is 17.6 Å². The Kier molecular flexibility index (Phi) is 6.61. The van der Waals surface area contributed by atoms with Crippen LogP contribution in [0.3, 0.4) is 0 Å². The number of hydrogen-bond acceptors (Lipinski definition) is 4. The van der Waals surface area contributed by atoms with E-state index in [1.54, 1.807) is 36.4 Å². The van der Waals surface area contributed by atoms with Crippen LogP contribution in [0.1, 0.15) is 23.2 Å². The van der Waals surface area contributed by atoms with E-state index in [4.69, 9.17) is 9.57 Å². The maximum Gasteiger partial charge on any atom is 0.268 e. The van der Waals surface area contributed by atoms with E-state index in [0.717, 1.165) is 5.06 Å². The van der Waals surface area contributed by atoms with Gasteiger partial charge < -0.3 is 10.1 Å². The van der Waals surface area contributed by atoms with Crippen LogP contribution < -0.4 is 10.1 Å². The summed E-state index contributed by atoms with van der Waals surface area (Å²) in [6.07, 6.45) is 4.60. The van der Waals surface area contributed by atoms with E-state index in [-0.39, 0.29) is 17.0 Å². The van der Waals surface area contributed by atoms with Crippen molar-refractivity contribution in [1.29, 1.82) is 0 Å². The molecule has 0 saturated carbocycles. The molecule has 0 aromatic heterocycles. The van der Waals surface area contributed by atoms with Crippen molar-refractivity contribution in [3.63, 3.8) is 0 Å². The zero-order chi connectivity index (χ0) is 20.8. The van der Waals surface area contributed by atoms with Gasteiger partial charge >= 0.3 is 0 Å². The number of hydroxylamine groups is 2. The van der Waals surface area contributed by atoms with E-state index in [1.165, 1.54) is 20.2 Å². The number of fused-ring (bicyclic) bond motifs is 4. The number of ether oxygens (including phenoxy) is 1. The number of amides is 2. The number of rotatable bonds is 2. The lowest BCUT2D eigenvalue weighted by Gasteiger charge is -2.22. The van der Waals surface area contributed by atoms with Crippen molar-refractivity contribution in [2.45, 2.75) is 18.9 Å². The van der Waals surface area contributed by atoms with E-state index in [1.807, 2.05) is 12.2 Å². The summed E-state index contributed by atoms with van der Waals surface area (Å²) in [7, 11) is 2.85. The fourth-order valence-electron chi connectivity index (χ4n) is 3.08. The average Bonchev–Trinajstić information content (AvgIpc) is 2.74. The Hall–Kier alpha value is -3.19. The second-order valence-electron chi connectivity index (χ2n) is 6.58. The molecule has 6 nitrogen and oxygen atoms in total. The van der Waals surface area contributed by atoms with Crippen molar-refractivity contribution in [2.24, 2.45) is 0 Å². The molecule has 1 aliphatic rings. The van der Waals surface area contributed by atoms with Gasteiger partial charge in [-0.3, -0.25) is 14.4 Å². The number of nitrogens with one attached hydrogen (secondary N) is 1. The molecule has 1 aliphatic heterocycles. The summed E-state index contributed by atoms with van der Waals surface area (Å²) in [4.78, 5) is 30.6. The topological polar surface area (TPSA) is 67.9 Å². The first-order valence-electron chi connectivity index (χ1n) is 9.30. The van der Waals surface area contributed by atoms with Crippen LogP contribution in [0.2, 0.25) is 0 Å². The van der Waals surface area contributed by atoms with Crippen LogP contribution in [0.15, 0.2) is 54.6 Å². The molecule has 0 fully saturated rings. The molecule has 2 aromatic rings. The summed E-state index contributed by atoms with van der Waals surface area (Å²) in [5, 5.41) is 3.82. The predicted octanol–water partition coefficient (Wildman–Crippen LogP) is 3.34. The highest BCUT2D eigenvalue weighted by Crippen LogP contribution is 2.30. The number of carbonyl (C=O) groups excluding carboxylic acids is 2. The summed E-state index contributed by atoms with van der Waals surface area (Å²) in [6, 6.07) is 10.3. The lowest BCUT2D eigenvalue weighted by Crippen LogP contribution is -2.46. The number of nitrogens with zero attached hydrogens (tertiary/aromatic N) is 1. The molecule has 0 spiro atoms. The smallest absolute Gasteiger partial charge is 0.268 e. The van der Waals surface area contributed by atoms with E-state index >= 15 is 0 Å². The van der Waals surface area contributed by atoms with E-state index in [2.05, 4.69) is 5.32 Å². The summed E-state index contributed by atoms with van der Waals surface area (Å²) in [5.74, 6) is -0.799. The van der Waals surface area contributed by atoms with E-state index in [0.29, 0.717) is 30.8 Å². The molecule has 1 heterocycles. The largest absolute Gasteiger partial charge is 0.493 e. The number of halogens is 1. The Labute approximate surface area is 168 Å². The van der Waals surface area contributed by atoms with Gasteiger partial charge in [0.05, 0.1) is 13.7 Å². The summed E-state index contributed by atoms with van der Waals surface area (Å²) >= 11 is 0. The quantitative estimate of drug-likeness (QED) is 0.622. The van der Waals surface area contributed by atoms with Gasteiger partial charge in [0.2, 0.25) is 0 Å². The summed E-state index contributed by atoms with van der Waals surface area (Å²) in [6.45, 7) is 0.409. The lowest BCUT2D eigenvalue weighted by atomic mass is 9.98. The third-order valence-electron chi connectivity index (χ3n) is 4.68. The number of hydrogen-bond donors (Lipinski definition) is 1. The molecule has 2 amide bonds. The molecule has 1 N–H and O–H groups in total. The monoisotopic (exact) mass is 398 g/mol. The normalized spacial score (nSPS) is 16.8. The first-order valence-corrected chi connectivity index (χ1v) is 9.30. The third-order valence-corrected chi connectivity index (χ3v) is 4.68. The lowest BCUT2D eigenvalue weighted by molar-refractivity contribution is -0.170. The van der Waals surface area contributed by atoms with Crippen LogP contribution in [0.25, 0.3) is 11.1 Å². The highest BCUT2D eigenvalue weighted by atomic mass is 19.1. The molecule has 29 heavy (non-hydrogen) atoms. The molecule has 152 valence electrons. The third kappa shape index (κ3) is 4.81. The van der Waals surface area contributed by atoms with Gasteiger partial charge in [0.25, 0.3) is 11.8 Å². The number of benzene rings is 2. The van der Waals surface area contributed by atoms with Crippen LogP contribution in [-0.2, 0) is 9.63 Å². The van der Waals surface area contributed by atoms with Crippen LogP contribution in [-0.4, -0.2) is 43.7 Å². The van der Waals surface area contributed by atoms with Crippen molar-refractivity contribution in [3.05, 3.63) is 66.0 Å². The molecular weight excluding hydrogens is 375 g/mol. The summed E-state index contributed by atoms with van der Waals surface area (Å²) in [5.41, 5.74) is 0.951. The molecule has 0 unspecified atom stereocenters. The molecule has 2 bridgehead atoms. The Morgan fingerprint density at radius 2 is 1.93 bits per heavy atom. The maximum absolute atomic E-state index is 14.6. The minimum Gasteiger partial charge on any atom is -0.493 e. The molecule has 3 rings (SSSR count).